The van der Waals surface area contributed by atoms with Crippen LogP contribution in [-0.4, -0.2) is 32.8 Å². The van der Waals surface area contributed by atoms with Crippen molar-refractivity contribution in [3.05, 3.63) is 29.8 Å². The molecule has 1 amide bonds. The first kappa shape index (κ1) is 16.5. The number of nitrogens with two attached hydrogens (primary N) is 1. The molecule has 0 aliphatic rings. The van der Waals surface area contributed by atoms with Crippen molar-refractivity contribution in [2.24, 2.45) is 5.73 Å². The van der Waals surface area contributed by atoms with Gasteiger partial charge in [-0.1, -0.05) is 12.1 Å². The summed E-state index contributed by atoms with van der Waals surface area (Å²) in [5.41, 5.74) is 6.86. The van der Waals surface area contributed by atoms with Crippen molar-refractivity contribution in [1.82, 2.24) is 5.32 Å². The minimum Gasteiger partial charge on any atom is -0.497 e. The number of hydrogen-bond donors (Lipinski definition) is 2. The Morgan fingerprint density at radius 3 is 2.50 bits per heavy atom. The van der Waals surface area contributed by atoms with Crippen molar-refractivity contribution < 1.29 is 14.3 Å². The molecule has 2 atom stereocenters. The summed E-state index contributed by atoms with van der Waals surface area (Å²) in [6, 6.07) is 7.03. The van der Waals surface area contributed by atoms with E-state index in [4.69, 9.17) is 15.2 Å². The average Bonchev–Trinajstić information content (AvgIpc) is 2.47. The number of nitrogens with one attached hydrogen (secondary N) is 1. The van der Waals surface area contributed by atoms with Gasteiger partial charge in [0, 0.05) is 13.7 Å². The number of ether oxygens (including phenoxy) is 2. The number of carbonyl (C=O) groups excluding carboxylic acids is 1. The quantitative estimate of drug-likeness (QED) is 0.710. The molecule has 0 saturated heterocycles. The van der Waals surface area contributed by atoms with Crippen molar-refractivity contribution in [3.8, 4) is 5.75 Å². The minimum absolute atomic E-state index is 0.0816. The number of rotatable bonds is 8. The molecule has 0 fully saturated rings. The molecule has 20 heavy (non-hydrogen) atoms. The highest BCUT2D eigenvalue weighted by Crippen LogP contribution is 2.17. The van der Waals surface area contributed by atoms with E-state index in [2.05, 4.69) is 5.32 Å². The third-order valence-corrected chi connectivity index (χ3v) is 3.17. The predicted molar refractivity (Wildman–Crippen MR) is 78.6 cm³/mol. The van der Waals surface area contributed by atoms with Gasteiger partial charge in [0.1, 0.15) is 5.75 Å². The first-order valence-electron chi connectivity index (χ1n) is 6.77. The zero-order valence-electron chi connectivity index (χ0n) is 12.4. The molecular formula is C15H24N2O3. The van der Waals surface area contributed by atoms with Crippen LogP contribution in [0.5, 0.6) is 5.75 Å². The summed E-state index contributed by atoms with van der Waals surface area (Å²) in [5.74, 6) is 0.660. The normalized spacial score (nSPS) is 13.6. The van der Waals surface area contributed by atoms with Crippen LogP contribution in [0.25, 0.3) is 0 Å². The molecule has 0 heterocycles. The summed E-state index contributed by atoms with van der Waals surface area (Å²) in [6.45, 7) is 2.55. The lowest BCUT2D eigenvalue weighted by atomic mass is 10.1. The van der Waals surface area contributed by atoms with E-state index >= 15 is 0 Å². The zero-order valence-corrected chi connectivity index (χ0v) is 12.4. The third kappa shape index (κ3) is 5.19. The number of methoxy groups -OCH3 is 2. The van der Waals surface area contributed by atoms with Crippen molar-refractivity contribution in [1.29, 1.82) is 0 Å². The van der Waals surface area contributed by atoms with E-state index < -0.39 is 6.04 Å². The van der Waals surface area contributed by atoms with Crippen molar-refractivity contribution >= 4 is 5.91 Å². The number of carbonyl (C=O) groups is 1. The number of amides is 1. The molecule has 0 spiro atoms. The van der Waals surface area contributed by atoms with E-state index in [0.717, 1.165) is 17.7 Å². The molecule has 5 heteroatoms. The van der Waals surface area contributed by atoms with Gasteiger partial charge in [-0.25, -0.2) is 0 Å². The van der Waals surface area contributed by atoms with E-state index in [0.29, 0.717) is 13.0 Å². The van der Waals surface area contributed by atoms with Gasteiger partial charge in [-0.2, -0.15) is 0 Å². The number of benzene rings is 1. The summed E-state index contributed by atoms with van der Waals surface area (Å²) in [7, 11) is 3.26. The van der Waals surface area contributed by atoms with E-state index in [1.54, 1.807) is 14.2 Å². The van der Waals surface area contributed by atoms with Gasteiger partial charge in [-0.3, -0.25) is 4.79 Å². The van der Waals surface area contributed by atoms with Gasteiger partial charge in [-0.15, -0.1) is 0 Å². The van der Waals surface area contributed by atoms with Crippen LogP contribution < -0.4 is 15.8 Å². The largest absolute Gasteiger partial charge is 0.497 e. The van der Waals surface area contributed by atoms with Crippen molar-refractivity contribution in [2.75, 3.05) is 20.8 Å². The van der Waals surface area contributed by atoms with E-state index in [1.807, 2.05) is 31.2 Å². The highest BCUT2D eigenvalue weighted by atomic mass is 16.5. The molecule has 1 aromatic carbocycles. The second kappa shape index (κ2) is 8.55. The van der Waals surface area contributed by atoms with E-state index in [1.165, 1.54) is 0 Å². The van der Waals surface area contributed by atoms with Gasteiger partial charge in [0.2, 0.25) is 5.91 Å². The highest BCUT2D eigenvalue weighted by molar-refractivity contribution is 5.81. The fourth-order valence-corrected chi connectivity index (χ4v) is 1.88. The maximum Gasteiger partial charge on any atom is 0.237 e. The maximum atomic E-state index is 11.9. The Morgan fingerprint density at radius 2 is 1.95 bits per heavy atom. The molecule has 0 bridgehead atoms. The van der Waals surface area contributed by atoms with Gasteiger partial charge < -0.3 is 20.5 Å². The van der Waals surface area contributed by atoms with Crippen LogP contribution in [0, 0.1) is 0 Å². The van der Waals surface area contributed by atoms with Gasteiger partial charge in [-0.05, 0) is 37.5 Å². The Morgan fingerprint density at radius 1 is 1.30 bits per heavy atom. The zero-order chi connectivity index (χ0) is 15.0. The Bertz CT molecular complexity index is 406. The lowest BCUT2D eigenvalue weighted by Gasteiger charge is -2.18. The van der Waals surface area contributed by atoms with Crippen molar-refractivity contribution in [3.63, 3.8) is 0 Å². The summed E-state index contributed by atoms with van der Waals surface area (Å²) in [6.07, 6.45) is 1.40. The standard InChI is InChI=1S/C15H24N2O3/c1-11(12-6-8-13(20-3)9-7-12)17-15(18)14(16)5-4-10-19-2/h6-9,11,14H,4-5,10,16H2,1-3H3,(H,17,18)/t11-,14?/m1/s1. The van der Waals surface area contributed by atoms with E-state index in [-0.39, 0.29) is 11.9 Å². The second-order valence-electron chi connectivity index (χ2n) is 4.74. The Kier molecular flexibility index (Phi) is 7.04. The summed E-state index contributed by atoms with van der Waals surface area (Å²) >= 11 is 0. The molecule has 0 aliphatic heterocycles. The number of hydrogen-bond acceptors (Lipinski definition) is 4. The molecule has 3 N–H and O–H groups in total. The first-order valence-corrected chi connectivity index (χ1v) is 6.77. The van der Waals surface area contributed by atoms with Crippen LogP contribution >= 0.6 is 0 Å². The molecular weight excluding hydrogens is 256 g/mol. The molecule has 0 radical (unpaired) electrons. The maximum absolute atomic E-state index is 11.9. The minimum atomic E-state index is -0.495. The molecule has 0 saturated carbocycles. The van der Waals surface area contributed by atoms with Crippen LogP contribution in [-0.2, 0) is 9.53 Å². The molecule has 0 aliphatic carbocycles. The lowest BCUT2D eigenvalue weighted by molar-refractivity contribution is -0.123. The predicted octanol–water partition coefficient (Wildman–Crippen LogP) is 1.63. The Hall–Kier alpha value is -1.59. The summed E-state index contributed by atoms with van der Waals surface area (Å²) in [4.78, 5) is 11.9. The molecule has 1 unspecified atom stereocenters. The third-order valence-electron chi connectivity index (χ3n) is 3.17. The Balaban J connectivity index is 2.47. The van der Waals surface area contributed by atoms with Crippen LogP contribution in [0.3, 0.4) is 0 Å². The smallest absolute Gasteiger partial charge is 0.237 e. The van der Waals surface area contributed by atoms with Gasteiger partial charge in [0.05, 0.1) is 19.2 Å². The topological polar surface area (TPSA) is 73.6 Å². The van der Waals surface area contributed by atoms with Gasteiger partial charge >= 0.3 is 0 Å². The summed E-state index contributed by atoms with van der Waals surface area (Å²) < 4.78 is 10.0. The molecule has 5 nitrogen and oxygen atoms in total. The summed E-state index contributed by atoms with van der Waals surface area (Å²) in [5, 5.41) is 2.91. The van der Waals surface area contributed by atoms with Gasteiger partial charge in [0.25, 0.3) is 0 Å². The fraction of sp³-hybridized carbons (Fsp3) is 0.533. The molecule has 0 aromatic heterocycles. The van der Waals surface area contributed by atoms with Crippen LogP contribution in [0.1, 0.15) is 31.4 Å². The first-order chi connectivity index (χ1) is 9.58. The van der Waals surface area contributed by atoms with Crippen molar-refractivity contribution in [2.45, 2.75) is 31.8 Å². The lowest BCUT2D eigenvalue weighted by Crippen LogP contribution is -2.41. The van der Waals surface area contributed by atoms with Crippen LogP contribution in [0.2, 0.25) is 0 Å². The van der Waals surface area contributed by atoms with E-state index in [9.17, 15) is 4.79 Å². The molecule has 1 rings (SSSR count). The SMILES string of the molecule is COCCCC(N)C(=O)N[C@H](C)c1ccc(OC)cc1. The molecule has 1 aromatic rings. The molecule has 112 valence electrons. The second-order valence-corrected chi connectivity index (χ2v) is 4.74. The van der Waals surface area contributed by atoms with Crippen LogP contribution in [0.4, 0.5) is 0 Å². The highest BCUT2D eigenvalue weighted by Gasteiger charge is 2.16. The fourth-order valence-electron chi connectivity index (χ4n) is 1.88. The monoisotopic (exact) mass is 280 g/mol. The average molecular weight is 280 g/mol. The van der Waals surface area contributed by atoms with Gasteiger partial charge in [0.15, 0.2) is 0 Å². The van der Waals surface area contributed by atoms with Crippen LogP contribution in [0.15, 0.2) is 24.3 Å². The Labute approximate surface area is 120 Å².